The number of fused-ring (bicyclic) bond motifs is 3. The summed E-state index contributed by atoms with van der Waals surface area (Å²) in [6.07, 6.45) is -0.692. The molecule has 3 N–H and O–H groups in total. The lowest BCUT2D eigenvalue weighted by Crippen LogP contribution is -2.56. The highest BCUT2D eigenvalue weighted by atomic mass is 16.5. The van der Waals surface area contributed by atoms with Gasteiger partial charge in [-0.2, -0.15) is 5.10 Å². The van der Waals surface area contributed by atoms with Gasteiger partial charge >= 0.3 is 12.1 Å². The highest BCUT2D eigenvalue weighted by Crippen LogP contribution is 2.44. The predicted molar refractivity (Wildman–Crippen MR) is 125 cm³/mol. The van der Waals surface area contributed by atoms with E-state index in [1.54, 1.807) is 0 Å². The second-order valence-corrected chi connectivity index (χ2v) is 8.73. The fraction of sp³-hybridized carbons (Fsp3) is 0.280. The molecule has 5 rings (SSSR count). The lowest BCUT2D eigenvalue weighted by molar-refractivity contribution is -0.171. The number of aromatic nitrogens is 2. The highest BCUT2D eigenvalue weighted by Gasteiger charge is 2.41. The van der Waals surface area contributed by atoms with Crippen molar-refractivity contribution in [3.63, 3.8) is 0 Å². The zero-order valence-electron chi connectivity index (χ0n) is 19.0. The second-order valence-electron chi connectivity index (χ2n) is 8.73. The number of carbonyl (C=O) groups excluding carboxylic acids is 2. The summed E-state index contributed by atoms with van der Waals surface area (Å²) < 4.78 is 10.8. The van der Waals surface area contributed by atoms with E-state index in [2.05, 4.69) is 27.6 Å². The number of benzene rings is 2. The SMILES string of the molecule is CC1(C(=O)O)CN(C(=O)c2cc(NC(=O)OCC3c4ccccc4-c4ccccc43)n[nH]2)CCO1. The van der Waals surface area contributed by atoms with Gasteiger partial charge in [0.1, 0.15) is 12.3 Å². The van der Waals surface area contributed by atoms with Gasteiger partial charge in [0.05, 0.1) is 13.2 Å². The fourth-order valence-electron chi connectivity index (χ4n) is 4.58. The number of nitrogens with zero attached hydrogens (tertiary/aromatic N) is 2. The molecule has 0 bridgehead atoms. The minimum atomic E-state index is -1.48. The van der Waals surface area contributed by atoms with Gasteiger partial charge in [-0.3, -0.25) is 15.2 Å². The van der Waals surface area contributed by atoms with E-state index in [4.69, 9.17) is 9.47 Å². The first-order chi connectivity index (χ1) is 16.9. The van der Waals surface area contributed by atoms with Crippen LogP contribution in [0.3, 0.4) is 0 Å². The van der Waals surface area contributed by atoms with Crippen molar-refractivity contribution in [3.05, 3.63) is 71.4 Å². The van der Waals surface area contributed by atoms with Gasteiger partial charge in [0.15, 0.2) is 11.4 Å². The van der Waals surface area contributed by atoms with Crippen LogP contribution in [0.25, 0.3) is 11.1 Å². The van der Waals surface area contributed by atoms with Gasteiger partial charge < -0.3 is 19.5 Å². The molecule has 1 aromatic heterocycles. The Hall–Kier alpha value is -4.18. The van der Waals surface area contributed by atoms with Crippen molar-refractivity contribution < 1.29 is 29.0 Å². The van der Waals surface area contributed by atoms with Crippen LogP contribution in [-0.2, 0) is 14.3 Å². The Balaban J connectivity index is 1.21. The number of ether oxygens (including phenoxy) is 2. The van der Waals surface area contributed by atoms with E-state index in [1.807, 2.05) is 36.4 Å². The van der Waals surface area contributed by atoms with Crippen molar-refractivity contribution >= 4 is 23.8 Å². The highest BCUT2D eigenvalue weighted by molar-refractivity contribution is 5.95. The molecular formula is C25H24N4O6. The lowest BCUT2D eigenvalue weighted by Gasteiger charge is -2.37. The maximum absolute atomic E-state index is 12.8. The molecule has 10 nitrogen and oxygen atoms in total. The van der Waals surface area contributed by atoms with Gasteiger partial charge in [0, 0.05) is 18.5 Å². The number of carboxylic acids is 1. The number of anilines is 1. The van der Waals surface area contributed by atoms with Crippen LogP contribution in [0.15, 0.2) is 54.6 Å². The van der Waals surface area contributed by atoms with Crippen LogP contribution in [0, 0.1) is 0 Å². The van der Waals surface area contributed by atoms with Crippen LogP contribution < -0.4 is 5.32 Å². The zero-order valence-corrected chi connectivity index (χ0v) is 19.0. The third-order valence-electron chi connectivity index (χ3n) is 6.40. The molecule has 180 valence electrons. The summed E-state index contributed by atoms with van der Waals surface area (Å²) in [6.45, 7) is 1.82. The van der Waals surface area contributed by atoms with E-state index in [0.717, 1.165) is 22.3 Å². The maximum Gasteiger partial charge on any atom is 0.412 e. The molecule has 35 heavy (non-hydrogen) atoms. The zero-order chi connectivity index (χ0) is 24.6. The number of aliphatic carboxylic acids is 1. The third-order valence-corrected chi connectivity index (χ3v) is 6.40. The standard InChI is InChI=1S/C25H24N4O6/c1-25(23(31)32)14-29(10-11-35-25)22(30)20-12-21(28-27-20)26-24(33)34-13-19-17-8-4-2-6-15(17)16-7-3-5-9-18(16)19/h2-9,12,19H,10-11,13-14H2,1H3,(H,31,32)(H2,26,27,28,33). The normalized spacial score (nSPS) is 19.1. The van der Waals surface area contributed by atoms with Crippen LogP contribution in [-0.4, -0.2) is 70.1 Å². The van der Waals surface area contributed by atoms with Crippen molar-refractivity contribution in [2.75, 3.05) is 31.6 Å². The molecule has 1 unspecified atom stereocenters. The average molecular weight is 476 g/mol. The number of H-pyrrole nitrogens is 1. The number of hydrogen-bond donors (Lipinski definition) is 3. The summed E-state index contributed by atoms with van der Waals surface area (Å²) in [7, 11) is 0. The fourth-order valence-corrected chi connectivity index (χ4v) is 4.58. The van der Waals surface area contributed by atoms with Gasteiger partial charge in [0.2, 0.25) is 0 Å². The summed E-state index contributed by atoms with van der Waals surface area (Å²) >= 11 is 0. The summed E-state index contributed by atoms with van der Waals surface area (Å²) in [6, 6.07) is 17.5. The number of nitrogens with one attached hydrogen (secondary N) is 2. The van der Waals surface area contributed by atoms with Gasteiger partial charge in [-0.05, 0) is 29.2 Å². The number of hydrogen-bond acceptors (Lipinski definition) is 6. The van der Waals surface area contributed by atoms with Crippen LogP contribution in [0.2, 0.25) is 0 Å². The maximum atomic E-state index is 12.8. The average Bonchev–Trinajstić information content (AvgIpc) is 3.45. The molecular weight excluding hydrogens is 452 g/mol. The predicted octanol–water partition coefficient (Wildman–Crippen LogP) is 3.09. The van der Waals surface area contributed by atoms with Crippen molar-refractivity contribution in [3.8, 4) is 11.1 Å². The minimum Gasteiger partial charge on any atom is -0.479 e. The first kappa shape index (κ1) is 22.6. The van der Waals surface area contributed by atoms with Crippen molar-refractivity contribution in [1.82, 2.24) is 15.1 Å². The van der Waals surface area contributed by atoms with Crippen LogP contribution in [0.1, 0.15) is 34.5 Å². The number of carboxylic acid groups (broad SMARTS) is 1. The van der Waals surface area contributed by atoms with E-state index in [-0.39, 0.29) is 43.7 Å². The van der Waals surface area contributed by atoms with Crippen LogP contribution in [0.4, 0.5) is 10.6 Å². The smallest absolute Gasteiger partial charge is 0.412 e. The van der Waals surface area contributed by atoms with Crippen molar-refractivity contribution in [1.29, 1.82) is 0 Å². The third kappa shape index (κ3) is 4.24. The Kier molecular flexibility index (Phi) is 5.73. The largest absolute Gasteiger partial charge is 0.479 e. The number of carbonyl (C=O) groups is 3. The van der Waals surface area contributed by atoms with Crippen molar-refractivity contribution in [2.45, 2.75) is 18.4 Å². The molecule has 1 fully saturated rings. The molecule has 1 atom stereocenters. The summed E-state index contributed by atoms with van der Waals surface area (Å²) in [5, 5.41) is 18.4. The van der Waals surface area contributed by atoms with Crippen molar-refractivity contribution in [2.24, 2.45) is 0 Å². The summed E-state index contributed by atoms with van der Waals surface area (Å²) in [4.78, 5) is 38.1. The molecule has 3 aromatic rings. The molecule has 2 heterocycles. The van der Waals surface area contributed by atoms with E-state index in [9.17, 15) is 19.5 Å². The lowest BCUT2D eigenvalue weighted by atomic mass is 9.98. The number of morpholine rings is 1. The van der Waals surface area contributed by atoms with E-state index >= 15 is 0 Å². The van der Waals surface area contributed by atoms with E-state index in [0.29, 0.717) is 0 Å². The first-order valence-corrected chi connectivity index (χ1v) is 11.2. The number of amides is 2. The minimum absolute atomic E-state index is 0.0747. The topological polar surface area (TPSA) is 134 Å². The van der Waals surface area contributed by atoms with E-state index in [1.165, 1.54) is 17.9 Å². The Morgan fingerprint density at radius 2 is 1.83 bits per heavy atom. The van der Waals surface area contributed by atoms with Gasteiger partial charge in [-0.25, -0.2) is 9.59 Å². The van der Waals surface area contributed by atoms with E-state index < -0.39 is 23.6 Å². The second kappa shape index (κ2) is 8.88. The number of rotatable bonds is 5. The quantitative estimate of drug-likeness (QED) is 0.515. The molecule has 0 saturated carbocycles. The Bertz CT molecular complexity index is 1260. The molecule has 2 aliphatic rings. The molecule has 2 aromatic carbocycles. The van der Waals surface area contributed by atoms with Gasteiger partial charge in [-0.1, -0.05) is 48.5 Å². The summed E-state index contributed by atoms with van der Waals surface area (Å²) in [5.41, 5.74) is 3.12. The molecule has 10 heteroatoms. The Morgan fingerprint density at radius 1 is 1.17 bits per heavy atom. The van der Waals surface area contributed by atoms with Crippen LogP contribution >= 0.6 is 0 Å². The van der Waals surface area contributed by atoms with Crippen LogP contribution in [0.5, 0.6) is 0 Å². The number of aromatic amines is 1. The van der Waals surface area contributed by atoms with Gasteiger partial charge in [0.25, 0.3) is 5.91 Å². The molecule has 0 spiro atoms. The molecule has 2 amide bonds. The summed E-state index contributed by atoms with van der Waals surface area (Å²) in [5.74, 6) is -1.53. The first-order valence-electron chi connectivity index (χ1n) is 11.2. The molecule has 1 aliphatic heterocycles. The Morgan fingerprint density at radius 3 is 2.49 bits per heavy atom. The molecule has 0 radical (unpaired) electrons. The Labute approximate surface area is 200 Å². The monoisotopic (exact) mass is 476 g/mol. The molecule has 1 aliphatic carbocycles. The molecule has 1 saturated heterocycles. The van der Waals surface area contributed by atoms with Gasteiger partial charge in [-0.15, -0.1) is 0 Å².